The van der Waals surface area contributed by atoms with E-state index in [1.165, 1.54) is 7.11 Å². The zero-order valence-electron chi connectivity index (χ0n) is 20.0. The molecule has 178 valence electrons. The first-order valence-electron chi connectivity index (χ1n) is 11.4. The van der Waals surface area contributed by atoms with Gasteiger partial charge in [0, 0.05) is 54.8 Å². The molecular formula is C25H26N8O2. The molecule has 0 spiro atoms. The zero-order chi connectivity index (χ0) is 24.7. The Hall–Kier alpha value is -4.23. The number of methoxy groups -OCH3 is 1. The lowest BCUT2D eigenvalue weighted by atomic mass is 10.0. The van der Waals surface area contributed by atoms with E-state index >= 15 is 0 Å². The second-order valence-electron chi connectivity index (χ2n) is 8.95. The van der Waals surface area contributed by atoms with Gasteiger partial charge in [0.05, 0.1) is 35.1 Å². The number of rotatable bonds is 4. The molecule has 2 atom stereocenters. The molecule has 0 radical (unpaired) electrons. The zero-order valence-corrected chi connectivity index (χ0v) is 20.0. The number of pyridine rings is 1. The fourth-order valence-corrected chi connectivity index (χ4v) is 4.74. The third-order valence-corrected chi connectivity index (χ3v) is 6.08. The van der Waals surface area contributed by atoms with Gasteiger partial charge in [0.1, 0.15) is 6.07 Å². The van der Waals surface area contributed by atoms with Crippen molar-refractivity contribution in [2.75, 3.05) is 30.4 Å². The summed E-state index contributed by atoms with van der Waals surface area (Å²) >= 11 is 0. The summed E-state index contributed by atoms with van der Waals surface area (Å²) in [4.78, 5) is 28.9. The number of fused-ring (bicyclic) bond motifs is 2. The van der Waals surface area contributed by atoms with E-state index in [1.54, 1.807) is 28.9 Å². The second-order valence-corrected chi connectivity index (χ2v) is 8.95. The number of aromatic nitrogens is 4. The van der Waals surface area contributed by atoms with Crippen LogP contribution in [-0.4, -0.2) is 57.5 Å². The molecular weight excluding hydrogens is 444 g/mol. The molecule has 5 rings (SSSR count). The molecule has 10 heteroatoms. The highest BCUT2D eigenvalue weighted by molar-refractivity contribution is 6.14. The highest BCUT2D eigenvalue weighted by atomic mass is 16.5. The van der Waals surface area contributed by atoms with Gasteiger partial charge in [-0.2, -0.15) is 10.2 Å². The van der Waals surface area contributed by atoms with E-state index in [2.05, 4.69) is 50.4 Å². The van der Waals surface area contributed by atoms with Crippen molar-refractivity contribution >= 4 is 33.8 Å². The van der Waals surface area contributed by atoms with Gasteiger partial charge >= 0.3 is 6.01 Å². The van der Waals surface area contributed by atoms with Gasteiger partial charge in [-0.05, 0) is 39.0 Å². The van der Waals surface area contributed by atoms with E-state index in [4.69, 9.17) is 4.74 Å². The topological polar surface area (TPSA) is 120 Å². The highest BCUT2D eigenvalue weighted by Gasteiger charge is 2.25. The third-order valence-electron chi connectivity index (χ3n) is 6.08. The van der Waals surface area contributed by atoms with Crippen molar-refractivity contribution in [2.24, 2.45) is 0 Å². The number of benzene rings is 1. The molecule has 1 aliphatic heterocycles. The smallest absolute Gasteiger partial charge is 0.316 e. The third kappa shape index (κ3) is 4.22. The number of nitrogens with zero attached hydrogens (tertiary/aromatic N) is 6. The first-order valence-corrected chi connectivity index (χ1v) is 11.4. The summed E-state index contributed by atoms with van der Waals surface area (Å²) in [5.74, 6) is -0.343. The normalized spacial score (nSPS) is 18.0. The molecule has 4 aromatic rings. The lowest BCUT2D eigenvalue weighted by Gasteiger charge is -2.38. The van der Waals surface area contributed by atoms with Gasteiger partial charge in [-0.1, -0.05) is 0 Å². The van der Waals surface area contributed by atoms with Crippen molar-refractivity contribution in [3.8, 4) is 12.1 Å². The van der Waals surface area contributed by atoms with Gasteiger partial charge in [-0.25, -0.2) is 9.97 Å². The van der Waals surface area contributed by atoms with Crippen molar-refractivity contribution < 1.29 is 9.53 Å². The molecule has 0 aliphatic carbocycles. The molecule has 0 bridgehead atoms. The van der Waals surface area contributed by atoms with Gasteiger partial charge in [-0.3, -0.25) is 4.79 Å². The van der Waals surface area contributed by atoms with Crippen molar-refractivity contribution in [3.63, 3.8) is 0 Å². The number of hydrogen-bond acceptors (Lipinski definition) is 8. The second kappa shape index (κ2) is 8.85. The van der Waals surface area contributed by atoms with Crippen LogP contribution < -0.4 is 20.3 Å². The van der Waals surface area contributed by atoms with E-state index in [0.717, 1.165) is 29.9 Å². The van der Waals surface area contributed by atoms with E-state index in [0.29, 0.717) is 40.1 Å². The fraction of sp³-hybridized carbons (Fsp3) is 0.320. The van der Waals surface area contributed by atoms with Crippen LogP contribution in [0.25, 0.3) is 16.6 Å². The minimum absolute atomic E-state index is 0.188. The Morgan fingerprint density at radius 1 is 1.23 bits per heavy atom. The maximum atomic E-state index is 13.4. The summed E-state index contributed by atoms with van der Waals surface area (Å²) in [6, 6.07) is 8.33. The number of piperazine rings is 1. The molecule has 1 fully saturated rings. The van der Waals surface area contributed by atoms with Crippen molar-refractivity contribution in [3.05, 3.63) is 53.6 Å². The minimum atomic E-state index is -0.343. The van der Waals surface area contributed by atoms with Crippen LogP contribution in [-0.2, 0) is 0 Å². The highest BCUT2D eigenvalue weighted by Crippen LogP contribution is 2.31. The summed E-state index contributed by atoms with van der Waals surface area (Å²) in [5.41, 5.74) is 4.07. The summed E-state index contributed by atoms with van der Waals surface area (Å²) in [5, 5.41) is 16.8. The van der Waals surface area contributed by atoms with Crippen LogP contribution in [0.15, 0.2) is 36.8 Å². The Bertz CT molecular complexity index is 1480. The first kappa shape index (κ1) is 22.6. The summed E-state index contributed by atoms with van der Waals surface area (Å²) < 4.78 is 6.99. The van der Waals surface area contributed by atoms with Crippen LogP contribution in [0.5, 0.6) is 6.01 Å². The van der Waals surface area contributed by atoms with Gasteiger partial charge in [0.25, 0.3) is 5.91 Å². The summed E-state index contributed by atoms with van der Waals surface area (Å²) in [6.45, 7) is 7.82. The lowest BCUT2D eigenvalue weighted by molar-refractivity contribution is 0.102. The number of hydrogen-bond donors (Lipinski definition) is 2. The van der Waals surface area contributed by atoms with Crippen molar-refractivity contribution in [1.29, 1.82) is 5.26 Å². The van der Waals surface area contributed by atoms with Crippen molar-refractivity contribution in [1.82, 2.24) is 24.7 Å². The van der Waals surface area contributed by atoms with Crippen LogP contribution in [0.2, 0.25) is 0 Å². The number of carbonyl (C=O) groups is 1. The van der Waals surface area contributed by atoms with E-state index in [1.807, 2.05) is 19.2 Å². The largest absolute Gasteiger partial charge is 0.467 e. The van der Waals surface area contributed by atoms with E-state index in [-0.39, 0.29) is 11.9 Å². The monoisotopic (exact) mass is 470 g/mol. The molecule has 10 nitrogen and oxygen atoms in total. The van der Waals surface area contributed by atoms with Crippen LogP contribution in [0, 0.1) is 18.3 Å². The maximum absolute atomic E-state index is 13.4. The molecule has 1 aliphatic rings. The standard InChI is InChI=1S/C25H26N8O2/c1-14-10-32(11-15(2)28-14)21-6-5-19(22-20(21)9-27-25(31-22)35-4)24(34)30-18-7-17(8-26)23-29-16(3)12-33(23)13-18/h5-7,9,12-15,28H,10-11H2,1-4H3,(H,30,34). The Labute approximate surface area is 202 Å². The number of aryl methyl sites for hydroxylation is 1. The van der Waals surface area contributed by atoms with Crippen LogP contribution in [0.3, 0.4) is 0 Å². The van der Waals surface area contributed by atoms with Crippen LogP contribution in [0.4, 0.5) is 11.4 Å². The Kier molecular flexibility index (Phi) is 5.70. The Morgan fingerprint density at radius 2 is 2.00 bits per heavy atom. The molecule has 35 heavy (non-hydrogen) atoms. The Morgan fingerprint density at radius 3 is 2.71 bits per heavy atom. The number of amides is 1. The molecule has 0 saturated carbocycles. The lowest BCUT2D eigenvalue weighted by Crippen LogP contribution is -2.54. The van der Waals surface area contributed by atoms with Crippen LogP contribution >= 0.6 is 0 Å². The Balaban J connectivity index is 1.55. The minimum Gasteiger partial charge on any atom is -0.467 e. The number of nitrogens with one attached hydrogen (secondary N) is 2. The van der Waals surface area contributed by atoms with Crippen LogP contribution in [0.1, 0.15) is 35.5 Å². The van der Waals surface area contributed by atoms with Crippen molar-refractivity contribution in [2.45, 2.75) is 32.9 Å². The van der Waals surface area contributed by atoms with Gasteiger partial charge < -0.3 is 24.7 Å². The summed E-state index contributed by atoms with van der Waals surface area (Å²) in [6.07, 6.45) is 5.26. The van der Waals surface area contributed by atoms with E-state index < -0.39 is 0 Å². The van der Waals surface area contributed by atoms with Gasteiger partial charge in [-0.15, -0.1) is 0 Å². The SMILES string of the molecule is COc1ncc2c(N3CC(C)NC(C)C3)ccc(C(=O)Nc3cc(C#N)c4nc(C)cn4c3)c2n1. The average Bonchev–Trinajstić information content (AvgIpc) is 3.21. The first-order chi connectivity index (χ1) is 16.9. The quantitative estimate of drug-likeness (QED) is 0.467. The number of imidazole rings is 1. The predicted molar refractivity (Wildman–Crippen MR) is 133 cm³/mol. The fourth-order valence-electron chi connectivity index (χ4n) is 4.74. The van der Waals surface area contributed by atoms with E-state index in [9.17, 15) is 10.1 Å². The maximum Gasteiger partial charge on any atom is 0.316 e. The number of anilines is 2. The molecule has 3 aromatic heterocycles. The number of ether oxygens (including phenoxy) is 1. The van der Waals surface area contributed by atoms with Gasteiger partial charge in [0.2, 0.25) is 0 Å². The molecule has 1 saturated heterocycles. The van der Waals surface area contributed by atoms with Gasteiger partial charge in [0.15, 0.2) is 5.65 Å². The number of carbonyl (C=O) groups excluding carboxylic acids is 1. The number of nitriles is 1. The molecule has 2 unspecified atom stereocenters. The average molecular weight is 471 g/mol. The molecule has 4 heterocycles. The summed E-state index contributed by atoms with van der Waals surface area (Å²) in [7, 11) is 1.50. The predicted octanol–water partition coefficient (Wildman–Crippen LogP) is 2.91. The molecule has 1 aromatic carbocycles. The molecule has 2 N–H and O–H groups in total. The molecule has 1 amide bonds.